The average molecular weight is 282 g/mol. The van der Waals surface area contributed by atoms with Crippen LogP contribution in [0.1, 0.15) is 44.3 Å². The van der Waals surface area contributed by atoms with Crippen molar-refractivity contribution in [2.45, 2.75) is 58.3 Å². The highest BCUT2D eigenvalue weighted by Crippen LogP contribution is 2.25. The van der Waals surface area contributed by atoms with E-state index in [0.29, 0.717) is 31.7 Å². The molecule has 0 radical (unpaired) electrons. The monoisotopic (exact) mass is 282 g/mol. The van der Waals surface area contributed by atoms with Gasteiger partial charge in [-0.25, -0.2) is 4.98 Å². The summed E-state index contributed by atoms with van der Waals surface area (Å²) in [5, 5.41) is 13.0. The number of hydrogen-bond donors (Lipinski definition) is 2. The molecule has 5 nitrogen and oxygen atoms in total. The molecule has 0 aromatic carbocycles. The summed E-state index contributed by atoms with van der Waals surface area (Å²) in [4.78, 5) is 4.10. The number of nitrogens with one attached hydrogen (secondary N) is 1. The van der Waals surface area contributed by atoms with E-state index >= 15 is 0 Å². The molecular weight excluding hydrogens is 256 g/mol. The van der Waals surface area contributed by atoms with Crippen LogP contribution in [0.25, 0.3) is 0 Å². The number of hydrogen-bond acceptors (Lipinski definition) is 5. The fraction of sp³-hybridized carbons (Fsp3) is 0.800. The first-order valence-corrected chi connectivity index (χ1v) is 7.55. The molecule has 1 fully saturated rings. The highest BCUT2D eigenvalue weighted by Gasteiger charge is 2.20. The number of oxazole rings is 1. The molecule has 0 saturated heterocycles. The Hall–Kier alpha value is -0.910. The molecule has 2 rings (SSSR count). The fourth-order valence-corrected chi connectivity index (χ4v) is 2.66. The second-order valence-corrected chi connectivity index (χ2v) is 5.88. The van der Waals surface area contributed by atoms with Crippen LogP contribution >= 0.6 is 0 Å². The molecule has 1 aliphatic carbocycles. The maximum absolute atomic E-state index is 9.89. The Balaban J connectivity index is 1.57. The molecular formula is C15H26N2O3. The first kappa shape index (κ1) is 15.5. The van der Waals surface area contributed by atoms with Gasteiger partial charge in [0.05, 0.1) is 31.6 Å². The predicted molar refractivity (Wildman–Crippen MR) is 76.3 cm³/mol. The van der Waals surface area contributed by atoms with Crippen LogP contribution in [0, 0.1) is 12.8 Å². The normalized spacial score (nSPS) is 24.8. The zero-order valence-electron chi connectivity index (χ0n) is 12.5. The van der Waals surface area contributed by atoms with E-state index in [1.54, 1.807) is 6.20 Å². The number of aromatic nitrogens is 1. The Morgan fingerprint density at radius 1 is 1.55 bits per heavy atom. The van der Waals surface area contributed by atoms with Crippen molar-refractivity contribution in [2.75, 3.05) is 13.2 Å². The van der Waals surface area contributed by atoms with E-state index in [1.165, 1.54) is 12.8 Å². The molecule has 0 amide bonds. The minimum atomic E-state index is -0.483. The summed E-state index contributed by atoms with van der Waals surface area (Å²) in [5.41, 5.74) is 0. The summed E-state index contributed by atoms with van der Waals surface area (Å²) >= 11 is 0. The van der Waals surface area contributed by atoms with Crippen molar-refractivity contribution >= 4 is 0 Å². The van der Waals surface area contributed by atoms with E-state index < -0.39 is 6.10 Å². The van der Waals surface area contributed by atoms with Gasteiger partial charge in [0.1, 0.15) is 5.76 Å². The summed E-state index contributed by atoms with van der Waals surface area (Å²) in [6, 6.07) is 0. The van der Waals surface area contributed by atoms with Crippen molar-refractivity contribution in [3.63, 3.8) is 0 Å². The molecule has 1 aromatic heterocycles. The SMILES string of the molecule is Cc1cnc(CNCC(O)COC2CCCC(C)C2)o1. The summed E-state index contributed by atoms with van der Waals surface area (Å²) < 4.78 is 11.1. The lowest BCUT2D eigenvalue weighted by Gasteiger charge is -2.27. The lowest BCUT2D eigenvalue weighted by Crippen LogP contribution is -2.33. The number of aliphatic hydroxyl groups excluding tert-OH is 1. The van der Waals surface area contributed by atoms with Gasteiger partial charge < -0.3 is 19.6 Å². The summed E-state index contributed by atoms with van der Waals surface area (Å²) in [7, 11) is 0. The number of nitrogens with zero attached hydrogens (tertiary/aromatic N) is 1. The smallest absolute Gasteiger partial charge is 0.208 e. The first-order chi connectivity index (χ1) is 9.63. The second kappa shape index (κ2) is 7.76. The van der Waals surface area contributed by atoms with E-state index in [4.69, 9.17) is 9.15 Å². The highest BCUT2D eigenvalue weighted by atomic mass is 16.5. The van der Waals surface area contributed by atoms with Crippen molar-refractivity contribution in [3.05, 3.63) is 17.8 Å². The topological polar surface area (TPSA) is 67.5 Å². The minimum absolute atomic E-state index is 0.322. The molecule has 1 aliphatic rings. The zero-order valence-corrected chi connectivity index (χ0v) is 12.5. The van der Waals surface area contributed by atoms with E-state index in [-0.39, 0.29) is 0 Å². The van der Waals surface area contributed by atoms with Gasteiger partial charge in [0.25, 0.3) is 0 Å². The van der Waals surface area contributed by atoms with Gasteiger partial charge in [-0.05, 0) is 25.7 Å². The third-order valence-corrected chi connectivity index (χ3v) is 3.74. The molecule has 3 unspecified atom stereocenters. The molecule has 3 atom stereocenters. The van der Waals surface area contributed by atoms with E-state index in [1.807, 2.05) is 6.92 Å². The minimum Gasteiger partial charge on any atom is -0.445 e. The van der Waals surface area contributed by atoms with Crippen LogP contribution in [0.15, 0.2) is 10.6 Å². The first-order valence-electron chi connectivity index (χ1n) is 7.55. The van der Waals surface area contributed by atoms with Crippen molar-refractivity contribution in [3.8, 4) is 0 Å². The van der Waals surface area contributed by atoms with Gasteiger partial charge in [-0.2, -0.15) is 0 Å². The maximum atomic E-state index is 9.89. The molecule has 114 valence electrons. The predicted octanol–water partition coefficient (Wildman–Crippen LogP) is 2.03. The quantitative estimate of drug-likeness (QED) is 0.801. The van der Waals surface area contributed by atoms with Crippen LogP contribution in [-0.2, 0) is 11.3 Å². The molecule has 5 heteroatoms. The van der Waals surface area contributed by atoms with E-state index in [2.05, 4.69) is 17.2 Å². The molecule has 0 spiro atoms. The molecule has 0 bridgehead atoms. The second-order valence-electron chi connectivity index (χ2n) is 5.88. The Labute approximate surface area is 120 Å². The summed E-state index contributed by atoms with van der Waals surface area (Å²) in [5.74, 6) is 2.20. The summed E-state index contributed by atoms with van der Waals surface area (Å²) in [6.45, 7) is 5.56. The van der Waals surface area contributed by atoms with Crippen LogP contribution in [0.3, 0.4) is 0 Å². The summed E-state index contributed by atoms with van der Waals surface area (Å²) in [6.07, 6.45) is 6.32. The molecule has 1 saturated carbocycles. The van der Waals surface area contributed by atoms with Crippen molar-refractivity contribution < 1.29 is 14.3 Å². The number of rotatable bonds is 7. The van der Waals surface area contributed by atoms with Gasteiger partial charge >= 0.3 is 0 Å². The van der Waals surface area contributed by atoms with Gasteiger partial charge in [-0.3, -0.25) is 0 Å². The highest BCUT2D eigenvalue weighted by molar-refractivity contribution is 4.90. The van der Waals surface area contributed by atoms with Gasteiger partial charge in [0, 0.05) is 6.54 Å². The molecule has 1 aromatic rings. The Bertz CT molecular complexity index is 394. The zero-order chi connectivity index (χ0) is 14.4. The van der Waals surface area contributed by atoms with Crippen LogP contribution in [-0.4, -0.2) is 35.5 Å². The number of ether oxygens (including phenoxy) is 1. The molecule has 0 aliphatic heterocycles. The van der Waals surface area contributed by atoms with E-state index in [0.717, 1.165) is 24.5 Å². The largest absolute Gasteiger partial charge is 0.445 e. The Kier molecular flexibility index (Phi) is 6.01. The Morgan fingerprint density at radius 2 is 2.40 bits per heavy atom. The van der Waals surface area contributed by atoms with Crippen molar-refractivity contribution in [2.24, 2.45) is 5.92 Å². The van der Waals surface area contributed by atoms with Gasteiger partial charge in [0.2, 0.25) is 5.89 Å². The lowest BCUT2D eigenvalue weighted by molar-refractivity contribution is -0.0307. The van der Waals surface area contributed by atoms with Crippen LogP contribution < -0.4 is 5.32 Å². The third kappa shape index (κ3) is 5.23. The lowest BCUT2D eigenvalue weighted by atomic mass is 9.89. The van der Waals surface area contributed by atoms with Gasteiger partial charge in [-0.15, -0.1) is 0 Å². The van der Waals surface area contributed by atoms with Crippen molar-refractivity contribution in [1.82, 2.24) is 10.3 Å². The van der Waals surface area contributed by atoms with Crippen LogP contribution in [0.5, 0.6) is 0 Å². The fourth-order valence-electron chi connectivity index (χ4n) is 2.66. The number of aryl methyl sites for hydroxylation is 1. The third-order valence-electron chi connectivity index (χ3n) is 3.74. The average Bonchev–Trinajstić information content (AvgIpc) is 2.82. The van der Waals surface area contributed by atoms with Gasteiger partial charge in [0.15, 0.2) is 0 Å². The van der Waals surface area contributed by atoms with Crippen LogP contribution in [0.4, 0.5) is 0 Å². The molecule has 1 heterocycles. The molecule has 2 N–H and O–H groups in total. The number of aliphatic hydroxyl groups is 1. The van der Waals surface area contributed by atoms with Crippen molar-refractivity contribution in [1.29, 1.82) is 0 Å². The van der Waals surface area contributed by atoms with Gasteiger partial charge in [-0.1, -0.05) is 19.8 Å². The molecule has 20 heavy (non-hydrogen) atoms. The maximum Gasteiger partial charge on any atom is 0.208 e. The standard InChI is InChI=1S/C15H26N2O3/c1-11-4-3-5-14(6-11)19-10-13(18)8-16-9-15-17-7-12(2)20-15/h7,11,13-14,16,18H,3-6,8-10H2,1-2H3. The van der Waals surface area contributed by atoms with E-state index in [9.17, 15) is 5.11 Å². The Morgan fingerprint density at radius 3 is 3.10 bits per heavy atom. The van der Waals surface area contributed by atoms with Crippen LogP contribution in [0.2, 0.25) is 0 Å².